The lowest BCUT2D eigenvalue weighted by Gasteiger charge is -2.09. The van der Waals surface area contributed by atoms with Gasteiger partial charge in [0.25, 0.3) is 0 Å². The Morgan fingerprint density at radius 3 is 3.06 bits per heavy atom. The molecule has 0 radical (unpaired) electrons. The van der Waals surface area contributed by atoms with Crippen molar-refractivity contribution >= 4 is 28.1 Å². The molecule has 0 aliphatic carbocycles. The summed E-state index contributed by atoms with van der Waals surface area (Å²) in [6, 6.07) is 5.08. The van der Waals surface area contributed by atoms with Gasteiger partial charge in [0.15, 0.2) is 0 Å². The first-order valence-electron chi connectivity index (χ1n) is 5.18. The Kier molecular flexibility index (Phi) is 3.84. The Bertz CT molecular complexity index is 405. The van der Waals surface area contributed by atoms with E-state index in [-0.39, 0.29) is 0 Å². The quantitative estimate of drug-likeness (QED) is 0.846. The van der Waals surface area contributed by atoms with Gasteiger partial charge in [-0.15, -0.1) is 0 Å². The molecule has 1 fully saturated rings. The number of hydrogen-bond donors (Lipinski definition) is 1. The van der Waals surface area contributed by atoms with Crippen LogP contribution in [0.3, 0.4) is 0 Å². The van der Waals surface area contributed by atoms with E-state index in [2.05, 4.69) is 0 Å². The zero-order chi connectivity index (χ0) is 11.5. The van der Waals surface area contributed by atoms with Crippen molar-refractivity contribution in [3.05, 3.63) is 23.2 Å². The minimum Gasteiger partial charge on any atom is -0.398 e. The molecule has 1 aromatic rings. The fourth-order valence-electron chi connectivity index (χ4n) is 1.72. The lowest BCUT2D eigenvalue weighted by atomic mass is 10.2. The maximum absolute atomic E-state index is 12.1. The van der Waals surface area contributed by atoms with Gasteiger partial charge in [-0.05, 0) is 30.5 Å². The summed E-state index contributed by atoms with van der Waals surface area (Å²) in [5.74, 6) is 0.976. The third kappa shape index (κ3) is 2.75. The highest BCUT2D eigenvalue weighted by molar-refractivity contribution is 7.85. The fourth-order valence-corrected chi connectivity index (χ4v) is 3.42. The molecule has 2 unspecified atom stereocenters. The van der Waals surface area contributed by atoms with Crippen molar-refractivity contribution in [1.82, 2.24) is 0 Å². The van der Waals surface area contributed by atoms with Crippen molar-refractivity contribution in [2.75, 3.05) is 24.7 Å². The molecule has 16 heavy (non-hydrogen) atoms. The van der Waals surface area contributed by atoms with Crippen LogP contribution >= 0.6 is 11.6 Å². The molecule has 3 nitrogen and oxygen atoms in total. The maximum atomic E-state index is 12.1. The molecular weight excluding hydrogens is 246 g/mol. The summed E-state index contributed by atoms with van der Waals surface area (Å²) in [5, 5.41) is 0.570. The van der Waals surface area contributed by atoms with E-state index in [0.717, 1.165) is 13.0 Å². The lowest BCUT2D eigenvalue weighted by molar-refractivity contribution is 0.189. The van der Waals surface area contributed by atoms with Gasteiger partial charge >= 0.3 is 0 Å². The second kappa shape index (κ2) is 5.17. The minimum atomic E-state index is -1.08. The summed E-state index contributed by atoms with van der Waals surface area (Å²) in [6.07, 6.45) is 0.978. The van der Waals surface area contributed by atoms with E-state index >= 15 is 0 Å². The smallest absolute Gasteiger partial charge is 0.0632 e. The molecule has 88 valence electrons. The van der Waals surface area contributed by atoms with Crippen LogP contribution in [0.5, 0.6) is 0 Å². The van der Waals surface area contributed by atoms with Gasteiger partial charge in [0.1, 0.15) is 0 Å². The van der Waals surface area contributed by atoms with Crippen LogP contribution in [-0.4, -0.2) is 23.2 Å². The highest BCUT2D eigenvalue weighted by Crippen LogP contribution is 2.24. The third-order valence-electron chi connectivity index (χ3n) is 2.63. The van der Waals surface area contributed by atoms with E-state index in [1.165, 1.54) is 0 Å². The van der Waals surface area contributed by atoms with Crippen LogP contribution < -0.4 is 5.73 Å². The molecule has 2 atom stereocenters. The second-order valence-electron chi connectivity index (χ2n) is 3.92. The van der Waals surface area contributed by atoms with Gasteiger partial charge in [-0.2, -0.15) is 0 Å². The number of anilines is 1. The third-order valence-corrected chi connectivity index (χ3v) is 4.49. The van der Waals surface area contributed by atoms with E-state index < -0.39 is 10.8 Å². The average Bonchev–Trinajstić information content (AvgIpc) is 2.74. The summed E-state index contributed by atoms with van der Waals surface area (Å²) < 4.78 is 17.3. The number of nitrogen functional groups attached to an aromatic ring is 1. The Morgan fingerprint density at radius 2 is 2.38 bits per heavy atom. The molecule has 1 aromatic carbocycles. The van der Waals surface area contributed by atoms with Crippen LogP contribution in [0, 0.1) is 5.92 Å². The number of halogens is 1. The van der Waals surface area contributed by atoms with E-state index in [4.69, 9.17) is 22.1 Å². The molecule has 0 spiro atoms. The Hall–Kier alpha value is -0.580. The zero-order valence-electron chi connectivity index (χ0n) is 8.82. The number of ether oxygens (including phenoxy) is 1. The van der Waals surface area contributed by atoms with Gasteiger partial charge < -0.3 is 10.5 Å². The fraction of sp³-hybridized carbons (Fsp3) is 0.455. The van der Waals surface area contributed by atoms with Gasteiger partial charge in [0.2, 0.25) is 0 Å². The molecular formula is C11H14ClNO2S. The molecule has 0 aromatic heterocycles. The van der Waals surface area contributed by atoms with Gasteiger partial charge in [0, 0.05) is 23.1 Å². The summed E-state index contributed by atoms with van der Waals surface area (Å²) in [4.78, 5) is 0.638. The number of rotatable bonds is 3. The van der Waals surface area contributed by atoms with Gasteiger partial charge in [-0.25, -0.2) is 0 Å². The highest BCUT2D eigenvalue weighted by Gasteiger charge is 2.20. The van der Waals surface area contributed by atoms with Gasteiger partial charge in [-0.1, -0.05) is 11.6 Å². The molecule has 1 saturated heterocycles. The molecule has 0 bridgehead atoms. The molecule has 0 amide bonds. The van der Waals surface area contributed by atoms with Crippen molar-refractivity contribution in [2.45, 2.75) is 11.3 Å². The van der Waals surface area contributed by atoms with Crippen LogP contribution in [0.25, 0.3) is 0 Å². The SMILES string of the molecule is Nc1ccc(Cl)cc1S(=O)CC1CCOC1. The van der Waals surface area contributed by atoms with E-state index in [1.54, 1.807) is 18.2 Å². The van der Waals surface area contributed by atoms with Gasteiger partial charge in [-0.3, -0.25) is 4.21 Å². The van der Waals surface area contributed by atoms with Crippen LogP contribution in [0.15, 0.2) is 23.1 Å². The van der Waals surface area contributed by atoms with Gasteiger partial charge in [0.05, 0.1) is 22.3 Å². The van der Waals surface area contributed by atoms with E-state index in [9.17, 15) is 4.21 Å². The minimum absolute atomic E-state index is 0.374. The first-order chi connectivity index (χ1) is 7.66. The number of benzene rings is 1. The lowest BCUT2D eigenvalue weighted by Crippen LogP contribution is -2.12. The molecule has 0 saturated carbocycles. The Morgan fingerprint density at radius 1 is 1.56 bits per heavy atom. The van der Waals surface area contributed by atoms with E-state index in [0.29, 0.717) is 33.9 Å². The van der Waals surface area contributed by atoms with Crippen molar-refractivity contribution in [3.63, 3.8) is 0 Å². The van der Waals surface area contributed by atoms with Crippen molar-refractivity contribution in [2.24, 2.45) is 5.92 Å². The molecule has 5 heteroatoms. The Labute approximate surface area is 102 Å². The Balaban J connectivity index is 2.10. The average molecular weight is 260 g/mol. The normalized spacial score (nSPS) is 22.2. The summed E-state index contributed by atoms with van der Waals surface area (Å²) >= 11 is 5.86. The van der Waals surface area contributed by atoms with Crippen molar-refractivity contribution in [3.8, 4) is 0 Å². The summed E-state index contributed by atoms with van der Waals surface area (Å²) in [7, 11) is -1.08. The predicted octanol–water partition coefficient (Wildman–Crippen LogP) is 2.07. The highest BCUT2D eigenvalue weighted by atomic mass is 35.5. The number of nitrogens with two attached hydrogens (primary N) is 1. The largest absolute Gasteiger partial charge is 0.398 e. The molecule has 2 rings (SSSR count). The monoisotopic (exact) mass is 259 g/mol. The van der Waals surface area contributed by atoms with Crippen LogP contribution in [0.2, 0.25) is 5.02 Å². The second-order valence-corrected chi connectivity index (χ2v) is 5.82. The molecule has 2 N–H and O–H groups in total. The van der Waals surface area contributed by atoms with Crippen molar-refractivity contribution < 1.29 is 8.95 Å². The summed E-state index contributed by atoms with van der Waals surface area (Å²) in [6.45, 7) is 1.47. The standard InChI is InChI=1S/C11H14ClNO2S/c12-9-1-2-10(13)11(5-9)16(14)7-8-3-4-15-6-8/h1-2,5,8H,3-4,6-7,13H2. The number of hydrogen-bond acceptors (Lipinski definition) is 3. The molecule has 1 aliphatic rings. The predicted molar refractivity (Wildman–Crippen MR) is 66.1 cm³/mol. The zero-order valence-corrected chi connectivity index (χ0v) is 10.4. The molecule has 1 heterocycles. The topological polar surface area (TPSA) is 52.3 Å². The van der Waals surface area contributed by atoms with Crippen molar-refractivity contribution in [1.29, 1.82) is 0 Å². The molecule has 1 aliphatic heterocycles. The first-order valence-corrected chi connectivity index (χ1v) is 6.87. The van der Waals surface area contributed by atoms with Crippen LogP contribution in [0.1, 0.15) is 6.42 Å². The maximum Gasteiger partial charge on any atom is 0.0632 e. The first kappa shape index (κ1) is 11.9. The summed E-state index contributed by atoms with van der Waals surface area (Å²) in [5.41, 5.74) is 6.32. The van der Waals surface area contributed by atoms with Crippen LogP contribution in [-0.2, 0) is 15.5 Å². The van der Waals surface area contributed by atoms with E-state index in [1.807, 2.05) is 0 Å². The van der Waals surface area contributed by atoms with Crippen LogP contribution in [0.4, 0.5) is 5.69 Å².